The molecule has 1 rings (SSSR count). The average molecular weight is 226 g/mol. The lowest BCUT2D eigenvalue weighted by atomic mass is 9.92. The Morgan fingerprint density at radius 3 is 2.20 bits per heavy atom. The summed E-state index contributed by atoms with van der Waals surface area (Å²) in [5, 5.41) is 17.7. The Morgan fingerprint density at radius 1 is 1.27 bits per heavy atom. The van der Waals surface area contributed by atoms with Crippen LogP contribution in [0.5, 0.6) is 0 Å². The monoisotopic (exact) mass is 226 g/mol. The fourth-order valence-corrected chi connectivity index (χ4v) is 1.44. The van der Waals surface area contributed by atoms with Crippen molar-refractivity contribution in [3.63, 3.8) is 0 Å². The molecular formula is C10H10O4S. The van der Waals surface area contributed by atoms with E-state index in [0.717, 1.165) is 0 Å². The molecule has 0 aliphatic carbocycles. The molecule has 0 heterocycles. The van der Waals surface area contributed by atoms with Crippen LogP contribution in [-0.2, 0) is 15.2 Å². The Kier molecular flexibility index (Phi) is 3.49. The molecule has 0 bridgehead atoms. The number of benzene rings is 1. The first-order valence-corrected chi connectivity index (χ1v) is 4.64. The van der Waals surface area contributed by atoms with Crippen molar-refractivity contribution in [3.8, 4) is 0 Å². The zero-order chi connectivity index (χ0) is 11.5. The highest BCUT2D eigenvalue weighted by Crippen LogP contribution is 2.27. The number of hydrogen-bond donors (Lipinski definition) is 3. The van der Waals surface area contributed by atoms with Crippen LogP contribution < -0.4 is 0 Å². The Labute approximate surface area is 92.0 Å². The van der Waals surface area contributed by atoms with Crippen LogP contribution in [0.4, 0.5) is 0 Å². The van der Waals surface area contributed by atoms with Crippen molar-refractivity contribution in [1.82, 2.24) is 0 Å². The summed E-state index contributed by atoms with van der Waals surface area (Å²) in [6.07, 6.45) is -0.695. The molecule has 80 valence electrons. The quantitative estimate of drug-likeness (QED) is 0.664. The van der Waals surface area contributed by atoms with Crippen LogP contribution in [-0.4, -0.2) is 21.3 Å². The van der Waals surface area contributed by atoms with E-state index in [1.54, 1.807) is 18.2 Å². The smallest absolute Gasteiger partial charge is 0.307 e. The first kappa shape index (κ1) is 11.7. The van der Waals surface area contributed by atoms with Gasteiger partial charge in [-0.15, -0.1) is 12.6 Å². The van der Waals surface area contributed by atoms with Gasteiger partial charge in [0.2, 0.25) is 5.12 Å². The molecule has 1 aromatic rings. The number of carboxylic acid groups (broad SMARTS) is 1. The predicted molar refractivity (Wildman–Crippen MR) is 56.6 cm³/mol. The maximum Gasteiger partial charge on any atom is 0.307 e. The lowest BCUT2D eigenvalue weighted by Gasteiger charge is -2.22. The van der Waals surface area contributed by atoms with E-state index in [1.807, 2.05) is 0 Å². The molecule has 0 aromatic heterocycles. The fourth-order valence-electron chi connectivity index (χ4n) is 1.23. The molecule has 15 heavy (non-hydrogen) atoms. The highest BCUT2D eigenvalue weighted by molar-refractivity contribution is 7.96. The van der Waals surface area contributed by atoms with E-state index in [4.69, 9.17) is 5.11 Å². The molecule has 1 atom stereocenters. The normalized spacial score (nSPS) is 14.3. The molecular weight excluding hydrogens is 216 g/mol. The van der Waals surface area contributed by atoms with Gasteiger partial charge in [0.05, 0.1) is 6.42 Å². The van der Waals surface area contributed by atoms with Gasteiger partial charge in [0, 0.05) is 0 Å². The standard InChI is InChI=1S/C10H10O4S/c11-8(12)6-10(14,9(13)15)7-4-2-1-3-5-7/h1-5,14H,6H2,(H,11,12)(H,13,15). The third-order valence-corrected chi connectivity index (χ3v) is 2.38. The van der Waals surface area contributed by atoms with Crippen LogP contribution >= 0.6 is 12.6 Å². The number of aliphatic carboxylic acids is 1. The van der Waals surface area contributed by atoms with Gasteiger partial charge in [-0.2, -0.15) is 0 Å². The summed E-state index contributed by atoms with van der Waals surface area (Å²) in [7, 11) is 0. The molecule has 4 nitrogen and oxygen atoms in total. The lowest BCUT2D eigenvalue weighted by Crippen LogP contribution is -2.35. The Morgan fingerprint density at radius 2 is 1.80 bits per heavy atom. The molecule has 0 aliphatic heterocycles. The fraction of sp³-hybridized carbons (Fsp3) is 0.200. The van der Waals surface area contributed by atoms with Gasteiger partial charge in [0.25, 0.3) is 0 Å². The van der Waals surface area contributed by atoms with Crippen molar-refractivity contribution < 1.29 is 19.8 Å². The lowest BCUT2D eigenvalue weighted by molar-refractivity contribution is -0.148. The summed E-state index contributed by atoms with van der Waals surface area (Å²) in [4.78, 5) is 21.7. The topological polar surface area (TPSA) is 74.6 Å². The number of carboxylic acids is 1. The zero-order valence-electron chi connectivity index (χ0n) is 7.75. The highest BCUT2D eigenvalue weighted by atomic mass is 32.1. The van der Waals surface area contributed by atoms with Gasteiger partial charge in [0.1, 0.15) is 0 Å². The van der Waals surface area contributed by atoms with Crippen molar-refractivity contribution >= 4 is 23.7 Å². The average Bonchev–Trinajstić information content (AvgIpc) is 2.17. The molecule has 5 heteroatoms. The Bertz CT molecular complexity index is 376. The van der Waals surface area contributed by atoms with E-state index in [9.17, 15) is 14.7 Å². The van der Waals surface area contributed by atoms with Crippen molar-refractivity contribution in [2.75, 3.05) is 0 Å². The first-order valence-electron chi connectivity index (χ1n) is 4.20. The second kappa shape index (κ2) is 4.46. The number of carbonyl (C=O) groups excluding carboxylic acids is 1. The van der Waals surface area contributed by atoms with E-state index < -0.39 is 23.1 Å². The van der Waals surface area contributed by atoms with E-state index in [2.05, 4.69) is 12.6 Å². The number of thiol groups is 1. The second-order valence-electron chi connectivity index (χ2n) is 3.10. The minimum absolute atomic E-state index is 0.229. The molecule has 0 radical (unpaired) electrons. The van der Waals surface area contributed by atoms with Gasteiger partial charge >= 0.3 is 5.97 Å². The molecule has 0 saturated carbocycles. The Hall–Kier alpha value is -1.33. The molecule has 0 spiro atoms. The van der Waals surface area contributed by atoms with Crippen molar-refractivity contribution in [1.29, 1.82) is 0 Å². The van der Waals surface area contributed by atoms with Crippen LogP contribution in [0.1, 0.15) is 12.0 Å². The number of hydrogen-bond acceptors (Lipinski definition) is 3. The summed E-state index contributed by atoms with van der Waals surface area (Å²) in [6.45, 7) is 0. The summed E-state index contributed by atoms with van der Waals surface area (Å²) < 4.78 is 0. The summed E-state index contributed by atoms with van der Waals surface area (Å²) >= 11 is 3.51. The van der Waals surface area contributed by atoms with Gasteiger partial charge in [-0.3, -0.25) is 9.59 Å². The van der Waals surface area contributed by atoms with Gasteiger partial charge in [-0.05, 0) is 5.56 Å². The molecule has 1 aromatic carbocycles. The second-order valence-corrected chi connectivity index (χ2v) is 3.51. The molecule has 0 fully saturated rings. The third kappa shape index (κ3) is 2.57. The van der Waals surface area contributed by atoms with Crippen molar-refractivity contribution in [3.05, 3.63) is 35.9 Å². The number of carbonyl (C=O) groups is 2. The highest BCUT2D eigenvalue weighted by Gasteiger charge is 2.37. The molecule has 0 saturated heterocycles. The molecule has 2 N–H and O–H groups in total. The molecule has 0 amide bonds. The van der Waals surface area contributed by atoms with Gasteiger partial charge in [-0.1, -0.05) is 30.3 Å². The van der Waals surface area contributed by atoms with Crippen LogP contribution in [0.25, 0.3) is 0 Å². The molecule has 0 aliphatic rings. The van der Waals surface area contributed by atoms with Gasteiger partial charge in [-0.25, -0.2) is 0 Å². The van der Waals surface area contributed by atoms with Crippen molar-refractivity contribution in [2.24, 2.45) is 0 Å². The summed E-state index contributed by atoms with van der Waals surface area (Å²) in [5.41, 5.74) is -1.83. The number of rotatable bonds is 4. The van der Waals surface area contributed by atoms with Gasteiger partial charge in [0.15, 0.2) is 5.60 Å². The van der Waals surface area contributed by atoms with Crippen LogP contribution in [0.3, 0.4) is 0 Å². The van der Waals surface area contributed by atoms with E-state index in [0.29, 0.717) is 0 Å². The predicted octanol–water partition coefficient (Wildman–Crippen LogP) is 0.805. The van der Waals surface area contributed by atoms with Gasteiger partial charge < -0.3 is 10.2 Å². The van der Waals surface area contributed by atoms with Crippen molar-refractivity contribution in [2.45, 2.75) is 12.0 Å². The third-order valence-electron chi connectivity index (χ3n) is 2.01. The maximum absolute atomic E-state index is 11.2. The largest absolute Gasteiger partial charge is 0.481 e. The van der Waals surface area contributed by atoms with E-state index in [1.165, 1.54) is 12.1 Å². The summed E-state index contributed by atoms with van der Waals surface area (Å²) in [5.74, 6) is -1.26. The number of aliphatic hydroxyl groups is 1. The Balaban J connectivity index is 3.13. The minimum Gasteiger partial charge on any atom is -0.481 e. The van der Waals surface area contributed by atoms with Crippen LogP contribution in [0, 0.1) is 0 Å². The van der Waals surface area contributed by atoms with E-state index >= 15 is 0 Å². The van der Waals surface area contributed by atoms with Crippen LogP contribution in [0.2, 0.25) is 0 Å². The zero-order valence-corrected chi connectivity index (χ0v) is 8.65. The first-order chi connectivity index (χ1) is 6.97. The van der Waals surface area contributed by atoms with Crippen LogP contribution in [0.15, 0.2) is 30.3 Å². The van der Waals surface area contributed by atoms with E-state index in [-0.39, 0.29) is 5.56 Å². The SMILES string of the molecule is O=C(O)CC(O)(C(=O)S)c1ccccc1. The molecule has 1 unspecified atom stereocenters. The minimum atomic E-state index is -2.06. The maximum atomic E-state index is 11.2. The summed E-state index contributed by atoms with van der Waals surface area (Å²) in [6, 6.07) is 7.89.